The normalized spacial score (nSPS) is 17.1. The standard InChI is InChI=1S/C29H28N2O6/c1-5-15-36-23-17-19(30-25(32)11-12-26(30)33)7-9-21(23)29(3,4)22-10-8-20(18-24(22)37-16-6-2)31-27(34)13-14-28(31)35/h5-14,17-18,25,32H,1-2,15-16H2,3-4H3. The molecule has 1 unspecified atom stereocenters. The van der Waals surface area contributed by atoms with Gasteiger partial charge >= 0.3 is 0 Å². The molecule has 37 heavy (non-hydrogen) atoms. The van der Waals surface area contributed by atoms with E-state index in [2.05, 4.69) is 13.2 Å². The van der Waals surface area contributed by atoms with Crippen molar-refractivity contribution >= 4 is 29.1 Å². The van der Waals surface area contributed by atoms with E-state index in [1.807, 2.05) is 26.0 Å². The van der Waals surface area contributed by atoms with Crippen LogP contribution in [0.4, 0.5) is 11.4 Å². The summed E-state index contributed by atoms with van der Waals surface area (Å²) in [5.41, 5.74) is 1.76. The van der Waals surface area contributed by atoms with Crippen molar-refractivity contribution in [2.75, 3.05) is 23.0 Å². The average molecular weight is 501 g/mol. The number of aliphatic hydroxyl groups excluding tert-OH is 1. The predicted octanol–water partition coefficient (Wildman–Crippen LogP) is 3.79. The summed E-state index contributed by atoms with van der Waals surface area (Å²) < 4.78 is 12.0. The third-order valence-electron chi connectivity index (χ3n) is 6.25. The lowest BCUT2D eigenvalue weighted by Crippen LogP contribution is -2.33. The lowest BCUT2D eigenvalue weighted by Gasteiger charge is -2.31. The molecule has 0 spiro atoms. The number of hydrogen-bond donors (Lipinski definition) is 1. The molecule has 0 aromatic heterocycles. The first-order valence-corrected chi connectivity index (χ1v) is 11.7. The Morgan fingerprint density at radius 2 is 1.35 bits per heavy atom. The Balaban J connectivity index is 1.79. The monoisotopic (exact) mass is 500 g/mol. The molecule has 0 aliphatic carbocycles. The van der Waals surface area contributed by atoms with Crippen molar-refractivity contribution in [1.29, 1.82) is 0 Å². The summed E-state index contributed by atoms with van der Waals surface area (Å²) in [6.07, 6.45) is 7.36. The summed E-state index contributed by atoms with van der Waals surface area (Å²) in [7, 11) is 0. The molecule has 4 rings (SSSR count). The Kier molecular flexibility index (Phi) is 7.13. The van der Waals surface area contributed by atoms with Gasteiger partial charge in [0.15, 0.2) is 6.23 Å². The fourth-order valence-corrected chi connectivity index (χ4v) is 4.42. The van der Waals surface area contributed by atoms with Crippen molar-refractivity contribution in [2.45, 2.75) is 25.5 Å². The number of aliphatic hydroxyl groups is 1. The van der Waals surface area contributed by atoms with E-state index in [-0.39, 0.29) is 19.1 Å². The van der Waals surface area contributed by atoms with Gasteiger partial charge in [0.2, 0.25) is 0 Å². The molecule has 0 bridgehead atoms. The Morgan fingerprint density at radius 1 is 0.838 bits per heavy atom. The van der Waals surface area contributed by atoms with Crippen molar-refractivity contribution < 1.29 is 29.0 Å². The van der Waals surface area contributed by atoms with Gasteiger partial charge < -0.3 is 14.6 Å². The quantitative estimate of drug-likeness (QED) is 0.394. The second-order valence-corrected chi connectivity index (χ2v) is 9.01. The molecule has 2 aromatic rings. The number of hydrogen-bond acceptors (Lipinski definition) is 6. The van der Waals surface area contributed by atoms with Crippen LogP contribution in [0.15, 0.2) is 86.0 Å². The van der Waals surface area contributed by atoms with Gasteiger partial charge in [0.1, 0.15) is 24.7 Å². The molecule has 2 aromatic carbocycles. The van der Waals surface area contributed by atoms with E-state index in [1.54, 1.807) is 36.4 Å². The van der Waals surface area contributed by atoms with Gasteiger partial charge in [-0.3, -0.25) is 19.3 Å². The van der Waals surface area contributed by atoms with Gasteiger partial charge in [-0.2, -0.15) is 0 Å². The van der Waals surface area contributed by atoms with E-state index in [1.165, 1.54) is 29.2 Å². The smallest absolute Gasteiger partial charge is 0.258 e. The minimum Gasteiger partial charge on any atom is -0.489 e. The van der Waals surface area contributed by atoms with E-state index in [0.29, 0.717) is 22.9 Å². The maximum Gasteiger partial charge on any atom is 0.258 e. The molecule has 2 aliphatic heterocycles. The van der Waals surface area contributed by atoms with E-state index < -0.39 is 23.5 Å². The van der Waals surface area contributed by atoms with Crippen molar-refractivity contribution in [1.82, 2.24) is 0 Å². The molecule has 8 nitrogen and oxygen atoms in total. The van der Waals surface area contributed by atoms with Crippen LogP contribution in [-0.2, 0) is 19.8 Å². The van der Waals surface area contributed by atoms with Crippen molar-refractivity contribution in [3.05, 3.63) is 97.1 Å². The molecular formula is C29H28N2O6. The molecule has 1 N–H and O–H groups in total. The highest BCUT2D eigenvalue weighted by molar-refractivity contribution is 6.28. The molecule has 2 heterocycles. The molecular weight excluding hydrogens is 472 g/mol. The Labute approximate surface area is 215 Å². The van der Waals surface area contributed by atoms with Crippen molar-refractivity contribution in [3.8, 4) is 11.5 Å². The number of benzene rings is 2. The lowest BCUT2D eigenvalue weighted by atomic mass is 9.77. The van der Waals surface area contributed by atoms with Crippen LogP contribution >= 0.6 is 0 Å². The zero-order valence-corrected chi connectivity index (χ0v) is 20.7. The molecule has 0 saturated carbocycles. The van der Waals surface area contributed by atoms with Gasteiger partial charge in [-0.15, -0.1) is 0 Å². The summed E-state index contributed by atoms with van der Waals surface area (Å²) >= 11 is 0. The second-order valence-electron chi connectivity index (χ2n) is 9.01. The fraction of sp³-hybridized carbons (Fsp3) is 0.207. The van der Waals surface area contributed by atoms with E-state index in [0.717, 1.165) is 16.0 Å². The molecule has 8 heteroatoms. The second kappa shape index (κ2) is 10.3. The van der Waals surface area contributed by atoms with E-state index in [9.17, 15) is 19.5 Å². The summed E-state index contributed by atoms with van der Waals surface area (Å²) in [4.78, 5) is 39.1. The third-order valence-corrected chi connectivity index (χ3v) is 6.25. The van der Waals surface area contributed by atoms with E-state index >= 15 is 0 Å². The number of anilines is 2. The molecule has 2 aliphatic rings. The molecule has 0 saturated heterocycles. The Hall–Kier alpha value is -4.43. The van der Waals surface area contributed by atoms with Crippen molar-refractivity contribution in [2.24, 2.45) is 0 Å². The van der Waals surface area contributed by atoms with E-state index in [4.69, 9.17) is 9.47 Å². The summed E-state index contributed by atoms with van der Waals surface area (Å²) in [5.74, 6) is -0.193. The highest BCUT2D eigenvalue weighted by atomic mass is 16.5. The van der Waals surface area contributed by atoms with Gasteiger partial charge in [0, 0.05) is 46.9 Å². The first kappa shape index (κ1) is 25.7. The number of carbonyl (C=O) groups excluding carboxylic acids is 3. The molecule has 0 fully saturated rings. The highest BCUT2D eigenvalue weighted by Crippen LogP contribution is 2.44. The van der Waals surface area contributed by atoms with Crippen LogP contribution in [0.3, 0.4) is 0 Å². The molecule has 1 atom stereocenters. The average Bonchev–Trinajstić information content (AvgIpc) is 3.40. The molecule has 0 radical (unpaired) electrons. The first-order valence-electron chi connectivity index (χ1n) is 11.7. The molecule has 3 amide bonds. The number of imide groups is 1. The lowest BCUT2D eigenvalue weighted by molar-refractivity contribution is -0.120. The van der Waals surface area contributed by atoms with Crippen LogP contribution in [0.1, 0.15) is 25.0 Å². The fourth-order valence-electron chi connectivity index (χ4n) is 4.42. The zero-order chi connectivity index (χ0) is 26.7. The maximum atomic E-state index is 12.3. The Morgan fingerprint density at radius 3 is 1.84 bits per heavy atom. The number of rotatable bonds is 10. The minimum atomic E-state index is -1.06. The van der Waals surface area contributed by atoms with Crippen LogP contribution < -0.4 is 19.3 Å². The van der Waals surface area contributed by atoms with Crippen LogP contribution in [-0.4, -0.2) is 42.3 Å². The highest BCUT2D eigenvalue weighted by Gasteiger charge is 2.34. The van der Waals surface area contributed by atoms with Crippen LogP contribution in [0.5, 0.6) is 11.5 Å². The molecule has 190 valence electrons. The predicted molar refractivity (Wildman–Crippen MR) is 141 cm³/mol. The first-order chi connectivity index (χ1) is 17.7. The van der Waals surface area contributed by atoms with Crippen LogP contribution in [0, 0.1) is 0 Å². The van der Waals surface area contributed by atoms with Crippen LogP contribution in [0.2, 0.25) is 0 Å². The summed E-state index contributed by atoms with van der Waals surface area (Å²) in [6.45, 7) is 11.9. The van der Waals surface area contributed by atoms with Gasteiger partial charge in [-0.05, 0) is 18.2 Å². The maximum absolute atomic E-state index is 12.3. The van der Waals surface area contributed by atoms with Crippen LogP contribution in [0.25, 0.3) is 0 Å². The topological polar surface area (TPSA) is 96.4 Å². The number of nitrogens with zero attached hydrogens (tertiary/aromatic N) is 2. The third kappa shape index (κ3) is 4.83. The number of carbonyl (C=O) groups is 3. The largest absolute Gasteiger partial charge is 0.489 e. The zero-order valence-electron chi connectivity index (χ0n) is 20.7. The van der Waals surface area contributed by atoms with Gasteiger partial charge in [-0.1, -0.05) is 51.3 Å². The van der Waals surface area contributed by atoms with Gasteiger partial charge in [-0.25, -0.2) is 4.90 Å². The SMILES string of the molecule is C=CCOc1cc(N2C(=O)C=CC2=O)ccc1C(C)(C)c1ccc(N2C(=O)C=CC2O)cc1OCC=C. The van der Waals surface area contributed by atoms with Gasteiger partial charge in [0.25, 0.3) is 17.7 Å². The summed E-state index contributed by atoms with van der Waals surface area (Å²) in [5, 5.41) is 10.2. The Bertz CT molecular complexity index is 1320. The van der Waals surface area contributed by atoms with Crippen molar-refractivity contribution in [3.63, 3.8) is 0 Å². The van der Waals surface area contributed by atoms with Gasteiger partial charge in [0.05, 0.1) is 11.4 Å². The minimum absolute atomic E-state index is 0.216. The summed E-state index contributed by atoms with van der Waals surface area (Å²) in [6, 6.07) is 10.5. The number of ether oxygens (including phenoxy) is 2. The number of amides is 3.